The highest BCUT2D eigenvalue weighted by molar-refractivity contribution is 6.31. The number of hydrogen-bond acceptors (Lipinski definition) is 3. The molecule has 0 bridgehead atoms. The standard InChI is InChI=1S/C15H24ClN3/c1-3-9-19(10-4-2)15-8-7-13(16)14(18-15)11-17-12-5-6-12/h7-8,12,17H,3-6,9-11H2,1-2H3. The lowest BCUT2D eigenvalue weighted by Gasteiger charge is -2.23. The van der Waals surface area contributed by atoms with Crippen molar-refractivity contribution >= 4 is 17.4 Å². The quantitative estimate of drug-likeness (QED) is 0.789. The SMILES string of the molecule is CCCN(CCC)c1ccc(Cl)c(CNC2CC2)n1. The van der Waals surface area contributed by atoms with E-state index in [1.807, 2.05) is 12.1 Å². The maximum Gasteiger partial charge on any atom is 0.128 e. The highest BCUT2D eigenvalue weighted by Crippen LogP contribution is 2.23. The van der Waals surface area contributed by atoms with Gasteiger partial charge < -0.3 is 10.2 Å². The van der Waals surface area contributed by atoms with Gasteiger partial charge in [-0.15, -0.1) is 0 Å². The first-order chi connectivity index (χ1) is 9.24. The molecule has 0 amide bonds. The van der Waals surface area contributed by atoms with Gasteiger partial charge in [0.05, 0.1) is 10.7 Å². The summed E-state index contributed by atoms with van der Waals surface area (Å²) in [5.74, 6) is 1.06. The van der Waals surface area contributed by atoms with E-state index >= 15 is 0 Å². The van der Waals surface area contributed by atoms with E-state index in [0.717, 1.165) is 49.0 Å². The minimum absolute atomic E-state index is 0.684. The Kier molecular flexibility index (Phi) is 5.46. The largest absolute Gasteiger partial charge is 0.357 e. The van der Waals surface area contributed by atoms with Crippen LogP contribution in [0.15, 0.2) is 12.1 Å². The molecule has 1 fully saturated rings. The normalized spacial score (nSPS) is 14.7. The molecule has 0 saturated heterocycles. The van der Waals surface area contributed by atoms with Gasteiger partial charge in [0.25, 0.3) is 0 Å². The first kappa shape index (κ1) is 14.6. The molecule has 1 aliphatic rings. The molecule has 1 aliphatic carbocycles. The predicted octanol–water partition coefficient (Wildman–Crippen LogP) is 3.61. The molecule has 2 rings (SSSR count). The molecule has 106 valence electrons. The zero-order valence-electron chi connectivity index (χ0n) is 12.0. The molecule has 1 N–H and O–H groups in total. The van der Waals surface area contributed by atoms with Gasteiger partial charge in [-0.1, -0.05) is 25.4 Å². The van der Waals surface area contributed by atoms with Gasteiger partial charge >= 0.3 is 0 Å². The molecule has 1 heterocycles. The summed E-state index contributed by atoms with van der Waals surface area (Å²) < 4.78 is 0. The first-order valence-electron chi connectivity index (χ1n) is 7.38. The van der Waals surface area contributed by atoms with Crippen LogP contribution < -0.4 is 10.2 Å². The molecular formula is C15H24ClN3. The van der Waals surface area contributed by atoms with E-state index in [9.17, 15) is 0 Å². The number of nitrogens with zero attached hydrogens (tertiary/aromatic N) is 2. The zero-order valence-corrected chi connectivity index (χ0v) is 12.7. The molecule has 4 heteroatoms. The third-order valence-corrected chi connectivity index (χ3v) is 3.69. The highest BCUT2D eigenvalue weighted by atomic mass is 35.5. The molecule has 0 atom stereocenters. The number of rotatable bonds is 8. The number of pyridine rings is 1. The summed E-state index contributed by atoms with van der Waals surface area (Å²) >= 11 is 6.24. The number of aromatic nitrogens is 1. The Hall–Kier alpha value is -0.800. The van der Waals surface area contributed by atoms with Crippen molar-refractivity contribution in [2.24, 2.45) is 0 Å². The fourth-order valence-electron chi connectivity index (χ4n) is 2.18. The number of anilines is 1. The Labute approximate surface area is 121 Å². The monoisotopic (exact) mass is 281 g/mol. The maximum atomic E-state index is 6.24. The van der Waals surface area contributed by atoms with Gasteiger partial charge in [-0.2, -0.15) is 0 Å². The summed E-state index contributed by atoms with van der Waals surface area (Å²) in [7, 11) is 0. The molecular weight excluding hydrogens is 258 g/mol. The highest BCUT2D eigenvalue weighted by Gasteiger charge is 2.21. The van der Waals surface area contributed by atoms with E-state index in [2.05, 4.69) is 24.1 Å². The lowest BCUT2D eigenvalue weighted by atomic mass is 10.3. The second-order valence-corrected chi connectivity index (χ2v) is 5.65. The average Bonchev–Trinajstić information content (AvgIpc) is 3.22. The maximum absolute atomic E-state index is 6.24. The van der Waals surface area contributed by atoms with Crippen molar-refractivity contribution in [1.82, 2.24) is 10.3 Å². The Bertz CT molecular complexity index is 398. The molecule has 0 unspecified atom stereocenters. The van der Waals surface area contributed by atoms with Gasteiger partial charge in [-0.25, -0.2) is 4.98 Å². The van der Waals surface area contributed by atoms with Crippen LogP contribution in [0.5, 0.6) is 0 Å². The fraction of sp³-hybridized carbons (Fsp3) is 0.667. The summed E-state index contributed by atoms with van der Waals surface area (Å²) in [4.78, 5) is 7.09. The molecule has 0 aliphatic heterocycles. The summed E-state index contributed by atoms with van der Waals surface area (Å²) in [6.07, 6.45) is 4.85. The third kappa shape index (κ3) is 4.36. The topological polar surface area (TPSA) is 28.2 Å². The summed E-state index contributed by atoms with van der Waals surface area (Å²) in [6, 6.07) is 4.70. The van der Waals surface area contributed by atoms with Crippen LogP contribution in [-0.2, 0) is 6.54 Å². The van der Waals surface area contributed by atoms with Crippen molar-refractivity contribution < 1.29 is 0 Å². The Balaban J connectivity index is 2.07. The van der Waals surface area contributed by atoms with Crippen molar-refractivity contribution in [3.63, 3.8) is 0 Å². The van der Waals surface area contributed by atoms with Crippen molar-refractivity contribution in [3.8, 4) is 0 Å². The predicted molar refractivity (Wildman–Crippen MR) is 81.9 cm³/mol. The van der Waals surface area contributed by atoms with Crippen LogP contribution in [0, 0.1) is 0 Å². The molecule has 1 aromatic heterocycles. The van der Waals surface area contributed by atoms with Crippen molar-refractivity contribution in [2.45, 2.75) is 52.1 Å². The number of halogens is 1. The summed E-state index contributed by atoms with van der Waals surface area (Å²) in [5, 5.41) is 4.25. The van der Waals surface area contributed by atoms with Gasteiger partial charge in [0.1, 0.15) is 5.82 Å². The van der Waals surface area contributed by atoms with E-state index in [1.54, 1.807) is 0 Å². The molecule has 1 aromatic rings. The Morgan fingerprint density at radius 3 is 2.53 bits per heavy atom. The first-order valence-corrected chi connectivity index (χ1v) is 7.76. The number of nitrogens with one attached hydrogen (secondary N) is 1. The third-order valence-electron chi connectivity index (χ3n) is 3.35. The van der Waals surface area contributed by atoms with Gasteiger partial charge in [-0.05, 0) is 37.8 Å². The van der Waals surface area contributed by atoms with Gasteiger partial charge in [0.2, 0.25) is 0 Å². The van der Waals surface area contributed by atoms with E-state index in [0.29, 0.717) is 6.04 Å². The van der Waals surface area contributed by atoms with Crippen LogP contribution in [0.3, 0.4) is 0 Å². The minimum Gasteiger partial charge on any atom is -0.357 e. The molecule has 0 spiro atoms. The van der Waals surface area contributed by atoms with Crippen LogP contribution in [0.1, 0.15) is 45.2 Å². The minimum atomic E-state index is 0.684. The number of hydrogen-bond donors (Lipinski definition) is 1. The smallest absolute Gasteiger partial charge is 0.128 e. The van der Waals surface area contributed by atoms with Crippen molar-refractivity contribution in [2.75, 3.05) is 18.0 Å². The van der Waals surface area contributed by atoms with Crippen LogP contribution >= 0.6 is 11.6 Å². The zero-order chi connectivity index (χ0) is 13.7. The van der Waals surface area contributed by atoms with Gasteiger partial charge in [0, 0.05) is 25.7 Å². The summed E-state index contributed by atoms with van der Waals surface area (Å²) in [5.41, 5.74) is 0.975. The van der Waals surface area contributed by atoms with Crippen molar-refractivity contribution in [1.29, 1.82) is 0 Å². The molecule has 0 aromatic carbocycles. The molecule has 0 radical (unpaired) electrons. The molecule has 19 heavy (non-hydrogen) atoms. The van der Waals surface area contributed by atoms with E-state index in [-0.39, 0.29) is 0 Å². The second-order valence-electron chi connectivity index (χ2n) is 5.24. The lowest BCUT2D eigenvalue weighted by Crippen LogP contribution is -2.26. The Morgan fingerprint density at radius 1 is 1.26 bits per heavy atom. The molecule has 3 nitrogen and oxygen atoms in total. The van der Waals surface area contributed by atoms with Crippen LogP contribution in [-0.4, -0.2) is 24.1 Å². The summed E-state index contributed by atoms with van der Waals surface area (Å²) in [6.45, 7) is 7.29. The van der Waals surface area contributed by atoms with Gasteiger partial charge in [0.15, 0.2) is 0 Å². The fourth-order valence-corrected chi connectivity index (χ4v) is 2.35. The van der Waals surface area contributed by atoms with E-state index < -0.39 is 0 Å². The second kappa shape index (κ2) is 7.11. The van der Waals surface area contributed by atoms with Crippen LogP contribution in [0.25, 0.3) is 0 Å². The Morgan fingerprint density at radius 2 is 1.95 bits per heavy atom. The van der Waals surface area contributed by atoms with E-state index in [4.69, 9.17) is 16.6 Å². The van der Waals surface area contributed by atoms with Gasteiger partial charge in [-0.3, -0.25) is 0 Å². The average molecular weight is 282 g/mol. The van der Waals surface area contributed by atoms with Crippen LogP contribution in [0.2, 0.25) is 5.02 Å². The lowest BCUT2D eigenvalue weighted by molar-refractivity contribution is 0.669. The van der Waals surface area contributed by atoms with Crippen molar-refractivity contribution in [3.05, 3.63) is 22.8 Å². The van der Waals surface area contributed by atoms with E-state index in [1.165, 1.54) is 12.8 Å². The molecule has 1 saturated carbocycles. The van der Waals surface area contributed by atoms with Crippen LogP contribution in [0.4, 0.5) is 5.82 Å².